The smallest absolute Gasteiger partial charge is 0.329 e. The fraction of sp³-hybridized carbons (Fsp3) is 0.375. The van der Waals surface area contributed by atoms with Crippen LogP contribution in [0.1, 0.15) is 38.1 Å². The van der Waals surface area contributed by atoms with Crippen molar-refractivity contribution in [2.24, 2.45) is 10.4 Å². The summed E-state index contributed by atoms with van der Waals surface area (Å²) >= 11 is 0. The van der Waals surface area contributed by atoms with E-state index in [1.807, 2.05) is 19.9 Å². The van der Waals surface area contributed by atoms with E-state index >= 15 is 0 Å². The van der Waals surface area contributed by atoms with Crippen LogP contribution in [0.5, 0.6) is 11.5 Å². The van der Waals surface area contributed by atoms with Crippen LogP contribution in [0.3, 0.4) is 0 Å². The van der Waals surface area contributed by atoms with Gasteiger partial charge < -0.3 is 10.1 Å². The molecule has 0 aromatic carbocycles. The molecule has 0 atom stereocenters. The molecule has 174 valence electrons. The average Bonchev–Trinajstić information content (AvgIpc) is 2.77. The highest BCUT2D eigenvalue weighted by Crippen LogP contribution is 2.31. The lowest BCUT2D eigenvalue weighted by molar-refractivity contribution is -0.140. The van der Waals surface area contributed by atoms with E-state index in [4.69, 9.17) is 4.74 Å². The van der Waals surface area contributed by atoms with E-state index in [1.165, 1.54) is 4.90 Å². The zero-order valence-corrected chi connectivity index (χ0v) is 19.7. The van der Waals surface area contributed by atoms with Gasteiger partial charge in [0.25, 0.3) is 0 Å². The quantitative estimate of drug-likeness (QED) is 0.644. The first-order valence-electron chi connectivity index (χ1n) is 10.8. The summed E-state index contributed by atoms with van der Waals surface area (Å²) in [7, 11) is 3.50. The van der Waals surface area contributed by atoms with Gasteiger partial charge in [0.05, 0.1) is 11.4 Å². The fourth-order valence-corrected chi connectivity index (χ4v) is 3.58. The van der Waals surface area contributed by atoms with E-state index in [1.54, 1.807) is 57.8 Å². The van der Waals surface area contributed by atoms with Gasteiger partial charge in [0.1, 0.15) is 17.3 Å². The number of aromatic nitrogens is 2. The summed E-state index contributed by atoms with van der Waals surface area (Å²) in [6, 6.07) is 6.48. The summed E-state index contributed by atoms with van der Waals surface area (Å²) in [5.41, 5.74) is 1.58. The summed E-state index contributed by atoms with van der Waals surface area (Å²) in [6.07, 6.45) is 6.73. The number of urea groups is 1. The van der Waals surface area contributed by atoms with E-state index in [0.29, 0.717) is 35.2 Å². The van der Waals surface area contributed by atoms with Crippen LogP contribution in [-0.4, -0.2) is 53.7 Å². The topological polar surface area (TPSA) is 109 Å². The second-order valence-electron chi connectivity index (χ2n) is 8.41. The second kappa shape index (κ2) is 10.2. The number of nitrogens with zero attached hydrogens (tertiary/aromatic N) is 4. The third-order valence-electron chi connectivity index (χ3n) is 5.35. The van der Waals surface area contributed by atoms with Gasteiger partial charge in [-0.15, -0.1) is 0 Å². The molecule has 0 unspecified atom stereocenters. The molecule has 1 aliphatic heterocycles. The number of amides is 3. The zero-order valence-electron chi connectivity index (χ0n) is 19.7. The molecule has 33 heavy (non-hydrogen) atoms. The Labute approximate surface area is 194 Å². The number of nitrogens with one attached hydrogen (secondary N) is 2. The molecule has 3 heterocycles. The molecule has 2 aromatic rings. The predicted octanol–water partition coefficient (Wildman–Crippen LogP) is 4.02. The van der Waals surface area contributed by atoms with Crippen molar-refractivity contribution in [3.05, 3.63) is 48.1 Å². The first-order valence-corrected chi connectivity index (χ1v) is 10.8. The summed E-state index contributed by atoms with van der Waals surface area (Å²) in [4.78, 5) is 39.3. The lowest BCUT2D eigenvalue weighted by Gasteiger charge is -2.35. The van der Waals surface area contributed by atoms with Gasteiger partial charge in [-0.25, -0.2) is 9.78 Å². The van der Waals surface area contributed by atoms with Gasteiger partial charge in [-0.05, 0) is 38.0 Å². The molecule has 1 saturated heterocycles. The Morgan fingerprint density at radius 3 is 2.79 bits per heavy atom. The Hall–Kier alpha value is -3.75. The highest BCUT2D eigenvalue weighted by atomic mass is 16.5. The lowest BCUT2D eigenvalue weighted by Crippen LogP contribution is -2.50. The molecule has 9 nitrogen and oxygen atoms in total. The highest BCUT2D eigenvalue weighted by molar-refractivity contribution is 6.08. The van der Waals surface area contributed by atoms with Gasteiger partial charge in [-0.1, -0.05) is 13.8 Å². The number of allylic oxidation sites excluding steroid dienone is 1. The van der Waals surface area contributed by atoms with Gasteiger partial charge in [0, 0.05) is 56.3 Å². The monoisotopic (exact) mass is 450 g/mol. The Kier molecular flexibility index (Phi) is 7.42. The first-order chi connectivity index (χ1) is 15.7. The number of aryl methyl sites for hydroxylation is 1. The molecule has 1 aliphatic rings. The molecular weight excluding hydrogens is 420 g/mol. The Morgan fingerprint density at radius 2 is 2.09 bits per heavy atom. The number of imide groups is 1. The fourth-order valence-electron chi connectivity index (χ4n) is 3.58. The number of hydrogen-bond acceptors (Lipinski definition) is 7. The number of aliphatic imine (C=N–C) groups is 1. The maximum Gasteiger partial charge on any atom is 0.329 e. The molecule has 0 aliphatic carbocycles. The van der Waals surface area contributed by atoms with E-state index in [0.717, 1.165) is 18.4 Å². The molecule has 3 amide bonds. The minimum Gasteiger partial charge on any atom is -0.455 e. The van der Waals surface area contributed by atoms with Crippen LogP contribution in [0.2, 0.25) is 0 Å². The number of piperidine rings is 1. The Morgan fingerprint density at radius 1 is 1.30 bits per heavy atom. The van der Waals surface area contributed by atoms with Crippen molar-refractivity contribution in [3.63, 3.8) is 0 Å². The number of anilines is 1. The molecule has 0 spiro atoms. The van der Waals surface area contributed by atoms with Gasteiger partial charge >= 0.3 is 6.03 Å². The van der Waals surface area contributed by atoms with Crippen molar-refractivity contribution in [2.75, 3.05) is 26.0 Å². The van der Waals surface area contributed by atoms with Crippen LogP contribution in [0.25, 0.3) is 5.57 Å². The minimum atomic E-state index is -0.536. The molecular formula is C24H30N6O3. The highest BCUT2D eigenvalue weighted by Gasteiger charge is 2.38. The van der Waals surface area contributed by atoms with Gasteiger partial charge in [-0.3, -0.25) is 25.0 Å². The van der Waals surface area contributed by atoms with Gasteiger partial charge in [-0.2, -0.15) is 0 Å². The van der Waals surface area contributed by atoms with E-state index in [2.05, 4.69) is 25.6 Å². The number of carbonyl (C=O) groups is 2. The largest absolute Gasteiger partial charge is 0.455 e. The molecule has 0 saturated carbocycles. The van der Waals surface area contributed by atoms with Crippen molar-refractivity contribution in [3.8, 4) is 11.5 Å². The molecule has 0 bridgehead atoms. The van der Waals surface area contributed by atoms with Crippen molar-refractivity contribution in [2.45, 2.75) is 33.6 Å². The second-order valence-corrected chi connectivity index (χ2v) is 8.41. The van der Waals surface area contributed by atoms with Crippen molar-refractivity contribution in [1.29, 1.82) is 0 Å². The standard InChI is InChI=1S/C24H30N6O3/c1-16-20(33-18-9-11-27-19(13-18)17(14-25-4)15-26-5)7-8-21(28-16)29-23(32)30-12-6-10-24(2,3)22(30)31/h7-9,11,13-15,25H,6,10,12H2,1-5H3,(H,28,29,32)/b17-14+,26-15?. The maximum atomic E-state index is 12.7. The van der Waals surface area contributed by atoms with Crippen LogP contribution in [0.4, 0.5) is 10.6 Å². The number of pyridine rings is 2. The van der Waals surface area contributed by atoms with Crippen molar-refractivity contribution in [1.82, 2.24) is 20.2 Å². The number of ether oxygens (including phenoxy) is 1. The third kappa shape index (κ3) is 5.74. The predicted molar refractivity (Wildman–Crippen MR) is 128 cm³/mol. The minimum absolute atomic E-state index is 0.170. The van der Waals surface area contributed by atoms with Crippen LogP contribution in [-0.2, 0) is 4.79 Å². The zero-order chi connectivity index (χ0) is 24.0. The maximum absolute atomic E-state index is 12.7. The Balaban J connectivity index is 1.73. The first kappa shape index (κ1) is 23.9. The van der Waals surface area contributed by atoms with Gasteiger partial charge in [0.15, 0.2) is 0 Å². The average molecular weight is 451 g/mol. The molecule has 0 radical (unpaired) electrons. The number of carbonyl (C=O) groups excluding carboxylic acids is 2. The number of likely N-dealkylation sites (tertiary alicyclic amines) is 1. The van der Waals surface area contributed by atoms with E-state index in [-0.39, 0.29) is 5.91 Å². The van der Waals surface area contributed by atoms with E-state index < -0.39 is 11.4 Å². The number of hydrogen-bond donors (Lipinski definition) is 2. The van der Waals surface area contributed by atoms with Crippen molar-refractivity contribution >= 4 is 29.5 Å². The summed E-state index contributed by atoms with van der Waals surface area (Å²) in [5.74, 6) is 1.32. The molecule has 2 aromatic heterocycles. The van der Waals surface area contributed by atoms with Gasteiger partial charge in [0.2, 0.25) is 5.91 Å². The summed E-state index contributed by atoms with van der Waals surface area (Å²) in [5, 5.41) is 5.70. The summed E-state index contributed by atoms with van der Waals surface area (Å²) < 4.78 is 6.01. The third-order valence-corrected chi connectivity index (χ3v) is 5.35. The molecule has 3 rings (SSSR count). The van der Waals surface area contributed by atoms with E-state index in [9.17, 15) is 9.59 Å². The van der Waals surface area contributed by atoms with Crippen LogP contribution < -0.4 is 15.4 Å². The van der Waals surface area contributed by atoms with Crippen molar-refractivity contribution < 1.29 is 14.3 Å². The number of rotatable bonds is 6. The van der Waals surface area contributed by atoms with Crippen LogP contribution in [0, 0.1) is 12.3 Å². The molecule has 1 fully saturated rings. The normalized spacial score (nSPS) is 16.1. The summed E-state index contributed by atoms with van der Waals surface area (Å²) in [6.45, 7) is 5.92. The van der Waals surface area contributed by atoms with Crippen LogP contribution >= 0.6 is 0 Å². The SMILES string of the molecule is CN=C/C(=C\NC)c1cc(Oc2ccc(NC(=O)N3CCCC(C)(C)C3=O)nc2C)ccn1. The molecule has 2 N–H and O–H groups in total. The molecule has 9 heteroatoms. The lowest BCUT2D eigenvalue weighted by atomic mass is 9.83. The van der Waals surface area contributed by atoms with Crippen LogP contribution in [0.15, 0.2) is 41.7 Å². The Bertz CT molecular complexity index is 1090.